The van der Waals surface area contributed by atoms with Crippen molar-refractivity contribution in [2.45, 2.75) is 89.7 Å². The Labute approximate surface area is 288 Å². The maximum atomic E-state index is 13.5. The van der Waals surface area contributed by atoms with Crippen LogP contribution in [0.25, 0.3) is 0 Å². The Hall–Kier alpha value is -2.58. The monoisotopic (exact) mass is 681 g/mol. The van der Waals surface area contributed by atoms with Gasteiger partial charge in [0.1, 0.15) is 16.7 Å². The first-order chi connectivity index (χ1) is 22.6. The van der Waals surface area contributed by atoms with Gasteiger partial charge in [-0.2, -0.15) is 0 Å². The topological polar surface area (TPSA) is 79.0 Å². The number of nitrogens with one attached hydrogen (secondary N) is 1. The van der Waals surface area contributed by atoms with Gasteiger partial charge in [-0.3, -0.25) is 14.3 Å². The summed E-state index contributed by atoms with van der Waals surface area (Å²) in [6.45, 7) is 9.31. The average Bonchev–Trinajstić information content (AvgIpc) is 3.27. The molecule has 1 N–H and O–H groups in total. The number of halogens is 1. The summed E-state index contributed by atoms with van der Waals surface area (Å²) in [7, 11) is 0.436. The second kappa shape index (κ2) is 14.9. The molecule has 6 rings (SSSR count). The second-order valence-electron chi connectivity index (χ2n) is 14.7. The van der Waals surface area contributed by atoms with E-state index in [1.807, 2.05) is 37.1 Å². The summed E-state index contributed by atoms with van der Waals surface area (Å²) >= 11 is 6.49. The van der Waals surface area contributed by atoms with Crippen LogP contribution in [0, 0.1) is 29.6 Å². The molecule has 0 radical (unpaired) electrons. The number of fused-ring (bicyclic) bond motifs is 2. The number of anilines is 1. The van der Waals surface area contributed by atoms with Crippen LogP contribution in [0.4, 0.5) is 5.69 Å². The molecule has 3 aliphatic heterocycles. The Balaban J connectivity index is 1.37. The standard InChI is InChI=1S/C38H52ClN3O4S/c1-5-6-9-26-19-30(39)13-15-31(26)29-22-42-21-28-11-14-32(28)33(34-17-18-41(4)38(34)44)10-7-8-24(2)25(3)47(45)40-37(43)27-12-16-36(46-23-29)35(42)20-27/h12-13,15-16,19-20,24-25,28-29,32-34H,5-11,14,17-18,21-23H2,1-4H3,(H,40,43). The van der Waals surface area contributed by atoms with E-state index in [2.05, 4.69) is 35.6 Å². The zero-order valence-electron chi connectivity index (χ0n) is 28.5. The fraction of sp³-hybridized carbons (Fsp3) is 0.632. The predicted octanol–water partition coefficient (Wildman–Crippen LogP) is 7.39. The first-order valence-corrected chi connectivity index (χ1v) is 19.5. The third kappa shape index (κ3) is 7.39. The van der Waals surface area contributed by atoms with E-state index in [0.29, 0.717) is 35.8 Å². The molecule has 1 aliphatic carbocycles. The van der Waals surface area contributed by atoms with E-state index >= 15 is 0 Å². The van der Waals surface area contributed by atoms with Crippen LogP contribution < -0.4 is 14.4 Å². The van der Waals surface area contributed by atoms with Gasteiger partial charge < -0.3 is 14.5 Å². The lowest BCUT2D eigenvalue weighted by Gasteiger charge is -2.46. The molecular formula is C38H52ClN3O4S. The number of carbonyl (C=O) groups excluding carboxylic acids is 2. The number of rotatable bonds is 5. The van der Waals surface area contributed by atoms with Gasteiger partial charge in [-0.25, -0.2) is 4.21 Å². The van der Waals surface area contributed by atoms with Crippen molar-refractivity contribution in [3.63, 3.8) is 0 Å². The maximum Gasteiger partial charge on any atom is 0.263 e. The van der Waals surface area contributed by atoms with E-state index in [1.165, 1.54) is 11.1 Å². The molecule has 8 unspecified atom stereocenters. The van der Waals surface area contributed by atoms with Crippen LogP contribution in [0.2, 0.25) is 5.02 Å². The number of benzene rings is 2. The van der Waals surface area contributed by atoms with Crippen molar-refractivity contribution < 1.29 is 18.5 Å². The lowest BCUT2D eigenvalue weighted by atomic mass is 9.61. The van der Waals surface area contributed by atoms with Gasteiger partial charge in [0.05, 0.1) is 17.5 Å². The fourth-order valence-electron chi connectivity index (χ4n) is 8.55. The summed E-state index contributed by atoms with van der Waals surface area (Å²) in [6.07, 6.45) is 9.36. The van der Waals surface area contributed by atoms with E-state index < -0.39 is 11.0 Å². The first-order valence-electron chi connectivity index (χ1n) is 17.9. The van der Waals surface area contributed by atoms with Gasteiger partial charge >= 0.3 is 0 Å². The highest BCUT2D eigenvalue weighted by Crippen LogP contribution is 2.49. The maximum absolute atomic E-state index is 13.5. The van der Waals surface area contributed by atoms with Gasteiger partial charge in [0.2, 0.25) is 5.91 Å². The molecule has 2 amide bonds. The van der Waals surface area contributed by atoms with Gasteiger partial charge in [0, 0.05) is 49.1 Å². The average molecular weight is 682 g/mol. The summed E-state index contributed by atoms with van der Waals surface area (Å²) in [5, 5.41) is 0.582. The summed E-state index contributed by atoms with van der Waals surface area (Å²) in [6, 6.07) is 11.9. The molecule has 0 aromatic heterocycles. The number of nitrogens with zero attached hydrogens (tertiary/aromatic N) is 2. The molecule has 2 aromatic carbocycles. The second-order valence-corrected chi connectivity index (χ2v) is 16.7. The molecule has 4 aliphatic rings. The van der Waals surface area contributed by atoms with Gasteiger partial charge in [-0.05, 0) is 117 Å². The van der Waals surface area contributed by atoms with Crippen LogP contribution in [0.3, 0.4) is 0 Å². The largest absolute Gasteiger partial charge is 0.491 e. The van der Waals surface area contributed by atoms with Gasteiger partial charge in [0.25, 0.3) is 5.91 Å². The fourth-order valence-corrected chi connectivity index (χ4v) is 9.78. The van der Waals surface area contributed by atoms with Crippen LogP contribution in [-0.4, -0.2) is 59.5 Å². The normalized spacial score (nSPS) is 31.8. The Morgan fingerprint density at radius 2 is 1.83 bits per heavy atom. The third-order valence-corrected chi connectivity index (χ3v) is 13.5. The van der Waals surface area contributed by atoms with Crippen LogP contribution in [-0.2, 0) is 22.2 Å². The predicted molar refractivity (Wildman–Crippen MR) is 190 cm³/mol. The Morgan fingerprint density at radius 3 is 2.55 bits per heavy atom. The molecule has 2 aromatic rings. The van der Waals surface area contributed by atoms with Gasteiger partial charge in [-0.15, -0.1) is 0 Å². The van der Waals surface area contributed by atoms with Gasteiger partial charge in [0.15, 0.2) is 0 Å². The molecule has 2 bridgehead atoms. The van der Waals surface area contributed by atoms with E-state index in [-0.39, 0.29) is 28.9 Å². The van der Waals surface area contributed by atoms with Crippen molar-refractivity contribution in [2.75, 3.05) is 38.2 Å². The SMILES string of the molecule is CCCCc1cc(Cl)ccc1C1COc2ccc3cc2N(C1)CC1CCC1C(C1CCN(C)C1=O)CCCC(C)C(C)S(=O)NC3=O. The van der Waals surface area contributed by atoms with Gasteiger partial charge in [-0.1, -0.05) is 44.4 Å². The minimum Gasteiger partial charge on any atom is -0.491 e. The van der Waals surface area contributed by atoms with Crippen LogP contribution in [0.5, 0.6) is 5.75 Å². The molecule has 7 nitrogen and oxygen atoms in total. The molecule has 8 atom stereocenters. The number of amides is 2. The molecule has 256 valence electrons. The lowest BCUT2D eigenvalue weighted by Crippen LogP contribution is -2.45. The minimum absolute atomic E-state index is 0.0853. The van der Waals surface area contributed by atoms with Crippen molar-refractivity contribution in [1.29, 1.82) is 0 Å². The molecule has 47 heavy (non-hydrogen) atoms. The summed E-state index contributed by atoms with van der Waals surface area (Å²) in [4.78, 5) is 31.2. The molecule has 1 saturated heterocycles. The highest BCUT2D eigenvalue weighted by atomic mass is 35.5. The molecule has 2 fully saturated rings. The lowest BCUT2D eigenvalue weighted by molar-refractivity contribution is -0.133. The van der Waals surface area contributed by atoms with Crippen LogP contribution in [0.15, 0.2) is 36.4 Å². The summed E-state index contributed by atoms with van der Waals surface area (Å²) in [5.41, 5.74) is 3.97. The highest BCUT2D eigenvalue weighted by molar-refractivity contribution is 7.84. The molecule has 3 heterocycles. The zero-order valence-corrected chi connectivity index (χ0v) is 30.1. The Morgan fingerprint density at radius 1 is 1.00 bits per heavy atom. The highest BCUT2D eigenvalue weighted by Gasteiger charge is 2.46. The Kier molecular flexibility index (Phi) is 10.9. The number of ether oxygens (including phenoxy) is 1. The van der Waals surface area contributed by atoms with Crippen LogP contribution in [0.1, 0.15) is 99.5 Å². The minimum atomic E-state index is -1.51. The molecule has 1 saturated carbocycles. The van der Waals surface area contributed by atoms with Crippen molar-refractivity contribution >= 4 is 40.1 Å². The smallest absolute Gasteiger partial charge is 0.263 e. The number of carbonyl (C=O) groups is 2. The number of likely N-dealkylation sites (tertiary alicyclic amines) is 1. The van der Waals surface area contributed by atoms with Crippen LogP contribution >= 0.6 is 11.6 Å². The number of hydrogen-bond donors (Lipinski definition) is 1. The number of unbranched alkanes of at least 4 members (excludes halogenated alkanes) is 1. The van der Waals surface area contributed by atoms with E-state index in [0.717, 1.165) is 93.9 Å². The van der Waals surface area contributed by atoms with E-state index in [4.69, 9.17) is 16.3 Å². The van der Waals surface area contributed by atoms with Crippen molar-refractivity contribution in [1.82, 2.24) is 9.62 Å². The number of hydrogen-bond acceptors (Lipinski definition) is 5. The zero-order chi connectivity index (χ0) is 33.2. The molecular weight excluding hydrogens is 630 g/mol. The molecule has 9 heteroatoms. The summed E-state index contributed by atoms with van der Waals surface area (Å²) in [5.74, 6) is 2.47. The van der Waals surface area contributed by atoms with Crippen molar-refractivity contribution in [2.24, 2.45) is 29.6 Å². The van der Waals surface area contributed by atoms with Crippen molar-refractivity contribution in [3.8, 4) is 5.75 Å². The Bertz CT molecular complexity index is 1480. The first kappa shape index (κ1) is 34.3. The summed E-state index contributed by atoms with van der Waals surface area (Å²) < 4.78 is 22.7. The quantitative estimate of drug-likeness (QED) is 0.356. The third-order valence-electron chi connectivity index (χ3n) is 11.8. The number of aryl methyl sites for hydroxylation is 1. The molecule has 0 spiro atoms. The van der Waals surface area contributed by atoms with E-state index in [1.54, 1.807) is 6.07 Å². The van der Waals surface area contributed by atoms with Crippen molar-refractivity contribution in [3.05, 3.63) is 58.1 Å². The van der Waals surface area contributed by atoms with E-state index in [9.17, 15) is 13.8 Å².